The summed E-state index contributed by atoms with van der Waals surface area (Å²) in [4.78, 5) is 13.7. The van der Waals surface area contributed by atoms with Gasteiger partial charge in [0.25, 0.3) is 0 Å². The zero-order chi connectivity index (χ0) is 11.5. The number of hydrogen-bond donors (Lipinski definition) is 3. The molecule has 2 aromatic rings. The van der Waals surface area contributed by atoms with E-state index in [2.05, 4.69) is 4.98 Å². The first kappa shape index (κ1) is 13.2. The van der Waals surface area contributed by atoms with Crippen LogP contribution in [0.4, 0.5) is 0 Å². The van der Waals surface area contributed by atoms with Crippen LogP contribution >= 0.6 is 0 Å². The zero-order valence-electron chi connectivity index (χ0n) is 9.31. The second-order valence-electron chi connectivity index (χ2n) is 3.84. The molecule has 5 heteroatoms. The van der Waals surface area contributed by atoms with E-state index in [1.54, 1.807) is 0 Å². The number of carbonyl (C=O) groups is 1. The number of benzene rings is 1. The van der Waals surface area contributed by atoms with E-state index in [-0.39, 0.29) is 5.48 Å². The molecule has 0 spiro atoms. The van der Waals surface area contributed by atoms with Gasteiger partial charge in [-0.1, -0.05) is 18.2 Å². The van der Waals surface area contributed by atoms with E-state index in [9.17, 15) is 4.79 Å². The third-order valence-electron chi connectivity index (χ3n) is 2.72. The topological polar surface area (TPSA) is 111 Å². The fourth-order valence-electron chi connectivity index (χ4n) is 1.77. The van der Waals surface area contributed by atoms with Gasteiger partial charge < -0.3 is 21.3 Å². The molecule has 1 heterocycles. The Balaban J connectivity index is 0.00000144. The Morgan fingerprint density at radius 1 is 1.41 bits per heavy atom. The van der Waals surface area contributed by atoms with Crippen molar-refractivity contribution >= 4 is 16.9 Å². The molecule has 1 aromatic carbocycles. The Bertz CT molecular complexity index is 507. The van der Waals surface area contributed by atoms with E-state index in [1.807, 2.05) is 30.5 Å². The molecule has 0 aliphatic carbocycles. The largest absolute Gasteiger partial charge is 0.480 e. The van der Waals surface area contributed by atoms with E-state index < -0.39 is 12.0 Å². The average molecular weight is 236 g/mol. The summed E-state index contributed by atoms with van der Waals surface area (Å²) in [6.45, 7) is 0. The molecular formula is C12H16N2O3. The predicted molar refractivity (Wildman–Crippen MR) is 65.8 cm³/mol. The van der Waals surface area contributed by atoms with Crippen molar-refractivity contribution in [1.82, 2.24) is 4.98 Å². The molecule has 1 atom stereocenters. The van der Waals surface area contributed by atoms with Gasteiger partial charge in [-0.05, 0) is 24.5 Å². The van der Waals surface area contributed by atoms with Crippen LogP contribution in [0.5, 0.6) is 0 Å². The number of nitrogens with two attached hydrogens (primary N) is 1. The second-order valence-corrected chi connectivity index (χ2v) is 3.84. The van der Waals surface area contributed by atoms with Gasteiger partial charge in [-0.2, -0.15) is 0 Å². The van der Waals surface area contributed by atoms with Crippen LogP contribution in [0.1, 0.15) is 12.0 Å². The van der Waals surface area contributed by atoms with E-state index in [0.29, 0.717) is 12.8 Å². The molecule has 0 saturated heterocycles. The van der Waals surface area contributed by atoms with Gasteiger partial charge in [0.1, 0.15) is 6.04 Å². The van der Waals surface area contributed by atoms with Crippen LogP contribution < -0.4 is 5.73 Å². The summed E-state index contributed by atoms with van der Waals surface area (Å²) in [6.07, 6.45) is 3.05. The number of para-hydroxylation sites is 1. The minimum Gasteiger partial charge on any atom is -0.480 e. The lowest BCUT2D eigenvalue weighted by Gasteiger charge is -2.04. The Morgan fingerprint density at radius 2 is 2.12 bits per heavy atom. The van der Waals surface area contributed by atoms with Crippen LogP contribution in [-0.2, 0) is 11.2 Å². The van der Waals surface area contributed by atoms with E-state index in [0.717, 1.165) is 16.5 Å². The lowest BCUT2D eigenvalue weighted by Crippen LogP contribution is -2.30. The van der Waals surface area contributed by atoms with E-state index >= 15 is 0 Å². The van der Waals surface area contributed by atoms with Gasteiger partial charge in [0, 0.05) is 17.1 Å². The fourth-order valence-corrected chi connectivity index (χ4v) is 1.77. The number of aromatic amines is 1. The zero-order valence-corrected chi connectivity index (χ0v) is 9.31. The van der Waals surface area contributed by atoms with Gasteiger partial charge in [-0.15, -0.1) is 0 Å². The summed E-state index contributed by atoms with van der Waals surface area (Å²) >= 11 is 0. The summed E-state index contributed by atoms with van der Waals surface area (Å²) < 4.78 is 0. The minimum absolute atomic E-state index is 0. The van der Waals surface area contributed by atoms with Crippen LogP contribution in [0.15, 0.2) is 30.5 Å². The molecule has 0 saturated carbocycles. The molecule has 0 radical (unpaired) electrons. The summed E-state index contributed by atoms with van der Waals surface area (Å²) in [5.74, 6) is -0.945. The van der Waals surface area contributed by atoms with Crippen molar-refractivity contribution in [2.24, 2.45) is 5.73 Å². The summed E-state index contributed by atoms with van der Waals surface area (Å²) in [5, 5.41) is 9.83. The van der Waals surface area contributed by atoms with Crippen molar-refractivity contribution in [2.45, 2.75) is 18.9 Å². The SMILES string of the molecule is N[C@@H](CCc1c[nH]c2ccccc12)C(=O)O.O. The fraction of sp³-hybridized carbons (Fsp3) is 0.250. The molecule has 5 nitrogen and oxygen atoms in total. The maximum atomic E-state index is 10.6. The minimum atomic E-state index is -0.945. The number of nitrogens with one attached hydrogen (secondary N) is 1. The number of fused-ring (bicyclic) bond motifs is 1. The van der Waals surface area contributed by atoms with E-state index in [1.165, 1.54) is 0 Å². The molecule has 0 fully saturated rings. The van der Waals surface area contributed by atoms with Gasteiger partial charge in [-0.25, -0.2) is 0 Å². The molecule has 92 valence electrons. The average Bonchev–Trinajstić information content (AvgIpc) is 2.69. The Labute approximate surface area is 98.6 Å². The third kappa shape index (κ3) is 2.83. The highest BCUT2D eigenvalue weighted by Gasteiger charge is 2.12. The smallest absolute Gasteiger partial charge is 0.320 e. The van der Waals surface area contributed by atoms with Gasteiger partial charge in [0.2, 0.25) is 0 Å². The molecule has 0 bridgehead atoms. The number of aromatic nitrogens is 1. The van der Waals surface area contributed by atoms with Gasteiger partial charge >= 0.3 is 5.97 Å². The van der Waals surface area contributed by atoms with Crippen molar-refractivity contribution in [2.75, 3.05) is 0 Å². The molecule has 2 rings (SSSR count). The Hall–Kier alpha value is -1.85. The van der Waals surface area contributed by atoms with Crippen molar-refractivity contribution in [3.63, 3.8) is 0 Å². The molecule has 17 heavy (non-hydrogen) atoms. The summed E-state index contributed by atoms with van der Waals surface area (Å²) in [7, 11) is 0. The molecule has 0 amide bonds. The molecule has 0 aliphatic rings. The van der Waals surface area contributed by atoms with Crippen LogP contribution in [0.3, 0.4) is 0 Å². The number of aryl methyl sites for hydroxylation is 1. The van der Waals surface area contributed by atoms with Gasteiger partial charge in [0.15, 0.2) is 0 Å². The molecule has 1 aromatic heterocycles. The highest BCUT2D eigenvalue weighted by molar-refractivity contribution is 5.83. The second kappa shape index (κ2) is 5.47. The molecule has 0 aliphatic heterocycles. The van der Waals surface area contributed by atoms with Crippen LogP contribution in [-0.4, -0.2) is 27.6 Å². The Kier molecular flexibility index (Phi) is 4.25. The molecule has 6 N–H and O–H groups in total. The highest BCUT2D eigenvalue weighted by Crippen LogP contribution is 2.19. The first-order valence-corrected chi connectivity index (χ1v) is 5.22. The maximum Gasteiger partial charge on any atom is 0.320 e. The highest BCUT2D eigenvalue weighted by atomic mass is 16.4. The van der Waals surface area contributed by atoms with Crippen molar-refractivity contribution in [3.05, 3.63) is 36.0 Å². The Morgan fingerprint density at radius 3 is 2.82 bits per heavy atom. The summed E-state index contributed by atoms with van der Waals surface area (Å²) in [5.41, 5.74) is 7.66. The third-order valence-corrected chi connectivity index (χ3v) is 2.72. The molecule has 0 unspecified atom stereocenters. The van der Waals surface area contributed by atoms with E-state index in [4.69, 9.17) is 10.8 Å². The number of carboxylic acid groups (broad SMARTS) is 1. The predicted octanol–water partition coefficient (Wildman–Crippen LogP) is 0.688. The van der Waals surface area contributed by atoms with Crippen molar-refractivity contribution in [3.8, 4) is 0 Å². The van der Waals surface area contributed by atoms with Gasteiger partial charge in [0.05, 0.1) is 0 Å². The van der Waals surface area contributed by atoms with Crippen molar-refractivity contribution < 1.29 is 15.4 Å². The van der Waals surface area contributed by atoms with Crippen LogP contribution in [0, 0.1) is 0 Å². The number of aliphatic carboxylic acids is 1. The first-order chi connectivity index (χ1) is 7.68. The number of H-pyrrole nitrogens is 1. The van der Waals surface area contributed by atoms with Crippen molar-refractivity contribution in [1.29, 1.82) is 0 Å². The lowest BCUT2D eigenvalue weighted by molar-refractivity contribution is -0.138. The monoisotopic (exact) mass is 236 g/mol. The normalized spacial score (nSPS) is 12.1. The van der Waals surface area contributed by atoms with Gasteiger partial charge in [-0.3, -0.25) is 4.79 Å². The molecular weight excluding hydrogens is 220 g/mol. The summed E-state index contributed by atoms with van der Waals surface area (Å²) in [6, 6.07) is 7.17. The van der Waals surface area contributed by atoms with Crippen LogP contribution in [0.25, 0.3) is 10.9 Å². The maximum absolute atomic E-state index is 10.6. The number of rotatable bonds is 4. The quantitative estimate of drug-likeness (QED) is 0.726. The standard InChI is InChI=1S/C12H14N2O2.H2O/c13-10(12(15)16)6-5-8-7-14-11-4-2-1-3-9(8)11;/h1-4,7,10,14H,5-6,13H2,(H,15,16);1H2/t10-;/m0./s1. The number of carboxylic acids is 1. The van der Waals surface area contributed by atoms with Crippen LogP contribution in [0.2, 0.25) is 0 Å². The lowest BCUT2D eigenvalue weighted by atomic mass is 10.1. The number of hydrogen-bond acceptors (Lipinski definition) is 2. The first-order valence-electron chi connectivity index (χ1n) is 5.22.